The molecule has 0 bridgehead atoms. The van der Waals surface area contributed by atoms with Gasteiger partial charge in [0.15, 0.2) is 0 Å². The Morgan fingerprint density at radius 2 is 2.10 bits per heavy atom. The van der Waals surface area contributed by atoms with Gasteiger partial charge in [0, 0.05) is 12.6 Å². The third kappa shape index (κ3) is 3.64. The predicted octanol–water partition coefficient (Wildman–Crippen LogP) is 1.75. The molecule has 1 aliphatic heterocycles. The number of hydrogen-bond acceptors (Lipinski definition) is 4. The Balaban J connectivity index is 1.88. The molecule has 2 rings (SSSR count). The van der Waals surface area contributed by atoms with E-state index in [1.54, 1.807) is 4.90 Å². The van der Waals surface area contributed by atoms with Crippen molar-refractivity contribution in [1.82, 2.24) is 10.2 Å². The van der Waals surface area contributed by atoms with Crippen LogP contribution in [-0.2, 0) is 4.74 Å². The van der Waals surface area contributed by atoms with E-state index in [9.17, 15) is 9.90 Å². The third-order valence-corrected chi connectivity index (χ3v) is 4.77. The van der Waals surface area contributed by atoms with Crippen molar-refractivity contribution in [3.05, 3.63) is 0 Å². The van der Waals surface area contributed by atoms with Crippen molar-refractivity contribution in [3.63, 3.8) is 0 Å². The molecule has 2 N–H and O–H groups in total. The number of aliphatic hydroxyl groups excluding tert-OH is 1. The lowest BCUT2D eigenvalue weighted by atomic mass is 9.83. The normalized spacial score (nSPS) is 27.4. The molecule has 5 nitrogen and oxygen atoms in total. The lowest BCUT2D eigenvalue weighted by Crippen LogP contribution is -2.47. The van der Waals surface area contributed by atoms with Crippen LogP contribution in [0.25, 0.3) is 0 Å². The summed E-state index contributed by atoms with van der Waals surface area (Å²) in [6.45, 7) is 3.06. The van der Waals surface area contributed by atoms with Gasteiger partial charge in [-0.25, -0.2) is 4.79 Å². The highest BCUT2D eigenvalue weighted by Crippen LogP contribution is 2.29. The van der Waals surface area contributed by atoms with Gasteiger partial charge in [-0.1, -0.05) is 32.1 Å². The average molecular weight is 284 g/mol. The Kier molecular flexibility index (Phi) is 5.66. The standard InChI is InChI=1S/C15H28N2O3/c1-3-17-10-13(20-15(17)19)14(18)12(16-2)9-11-7-5-4-6-8-11/h11-14,16,18H,3-10H2,1-2H3/t12-,13-,14+/m0/s1. The fourth-order valence-electron chi connectivity index (χ4n) is 3.44. The van der Waals surface area contributed by atoms with Gasteiger partial charge in [0.2, 0.25) is 0 Å². The molecule has 0 unspecified atom stereocenters. The van der Waals surface area contributed by atoms with Gasteiger partial charge in [0.05, 0.1) is 6.54 Å². The van der Waals surface area contributed by atoms with Gasteiger partial charge in [0.1, 0.15) is 12.2 Å². The van der Waals surface area contributed by atoms with Gasteiger partial charge in [0.25, 0.3) is 0 Å². The van der Waals surface area contributed by atoms with Crippen molar-refractivity contribution in [3.8, 4) is 0 Å². The molecule has 1 saturated heterocycles. The number of carbonyl (C=O) groups excluding carboxylic acids is 1. The van der Waals surface area contributed by atoms with E-state index in [4.69, 9.17) is 4.74 Å². The quantitative estimate of drug-likeness (QED) is 0.780. The first kappa shape index (κ1) is 15.6. The molecule has 116 valence electrons. The van der Waals surface area contributed by atoms with Crippen LogP contribution in [0.3, 0.4) is 0 Å². The highest BCUT2D eigenvalue weighted by atomic mass is 16.6. The molecule has 0 aromatic heterocycles. The summed E-state index contributed by atoms with van der Waals surface area (Å²) in [6, 6.07) is 0.00714. The Hall–Kier alpha value is -0.810. The van der Waals surface area contributed by atoms with Crippen molar-refractivity contribution >= 4 is 6.09 Å². The van der Waals surface area contributed by atoms with Crippen molar-refractivity contribution in [2.45, 2.75) is 63.7 Å². The van der Waals surface area contributed by atoms with Crippen LogP contribution in [0.2, 0.25) is 0 Å². The van der Waals surface area contributed by atoms with Crippen LogP contribution in [0.15, 0.2) is 0 Å². The van der Waals surface area contributed by atoms with Crippen LogP contribution in [0, 0.1) is 5.92 Å². The number of aliphatic hydroxyl groups is 1. The van der Waals surface area contributed by atoms with Gasteiger partial charge in [-0.2, -0.15) is 0 Å². The maximum absolute atomic E-state index is 11.6. The molecule has 1 heterocycles. The van der Waals surface area contributed by atoms with E-state index in [1.165, 1.54) is 32.1 Å². The van der Waals surface area contributed by atoms with E-state index >= 15 is 0 Å². The molecule has 1 saturated carbocycles. The van der Waals surface area contributed by atoms with Crippen LogP contribution in [-0.4, -0.2) is 54.5 Å². The molecule has 1 aliphatic carbocycles. The first-order chi connectivity index (χ1) is 9.65. The molecule has 0 radical (unpaired) electrons. The summed E-state index contributed by atoms with van der Waals surface area (Å²) < 4.78 is 5.30. The Bertz CT molecular complexity index is 318. The fraction of sp³-hybridized carbons (Fsp3) is 0.933. The second kappa shape index (κ2) is 7.27. The van der Waals surface area contributed by atoms with E-state index in [0.29, 0.717) is 19.0 Å². The number of likely N-dealkylation sites (N-methyl/N-ethyl adjacent to an activating group) is 2. The minimum Gasteiger partial charge on any atom is -0.441 e. The van der Waals surface area contributed by atoms with E-state index < -0.39 is 12.2 Å². The van der Waals surface area contributed by atoms with Gasteiger partial charge < -0.3 is 20.1 Å². The highest BCUT2D eigenvalue weighted by Gasteiger charge is 2.38. The highest BCUT2D eigenvalue weighted by molar-refractivity contribution is 5.69. The molecular formula is C15H28N2O3. The summed E-state index contributed by atoms with van der Waals surface area (Å²) in [5.41, 5.74) is 0. The summed E-state index contributed by atoms with van der Waals surface area (Å²) in [5.74, 6) is 0.690. The lowest BCUT2D eigenvalue weighted by molar-refractivity contribution is 0.00485. The van der Waals surface area contributed by atoms with Gasteiger partial charge in [-0.3, -0.25) is 0 Å². The molecular weight excluding hydrogens is 256 g/mol. The molecule has 0 spiro atoms. The van der Waals surface area contributed by atoms with E-state index in [-0.39, 0.29) is 12.1 Å². The summed E-state index contributed by atoms with van der Waals surface area (Å²) >= 11 is 0. The number of carbonyl (C=O) groups is 1. The zero-order valence-electron chi connectivity index (χ0n) is 12.7. The molecule has 0 aromatic carbocycles. The maximum Gasteiger partial charge on any atom is 0.410 e. The second-order valence-electron chi connectivity index (χ2n) is 6.09. The number of nitrogens with zero attached hydrogens (tertiary/aromatic N) is 1. The Labute approximate surface area is 121 Å². The minimum atomic E-state index is -0.623. The molecule has 3 atom stereocenters. The summed E-state index contributed by atoms with van der Waals surface area (Å²) in [5, 5.41) is 13.7. The summed E-state index contributed by atoms with van der Waals surface area (Å²) in [4.78, 5) is 13.2. The first-order valence-electron chi connectivity index (χ1n) is 7.96. The molecule has 20 heavy (non-hydrogen) atoms. The first-order valence-corrected chi connectivity index (χ1v) is 7.96. The minimum absolute atomic E-state index is 0.00714. The molecule has 0 aromatic rings. The number of rotatable bonds is 6. The summed E-state index contributed by atoms with van der Waals surface area (Å²) in [7, 11) is 1.88. The van der Waals surface area contributed by atoms with Crippen LogP contribution in [0.5, 0.6) is 0 Å². The van der Waals surface area contributed by atoms with E-state index in [1.807, 2.05) is 14.0 Å². The zero-order chi connectivity index (χ0) is 14.5. The molecule has 1 amide bonds. The zero-order valence-corrected chi connectivity index (χ0v) is 12.7. The lowest BCUT2D eigenvalue weighted by Gasteiger charge is -2.31. The monoisotopic (exact) mass is 284 g/mol. The molecule has 2 aliphatic rings. The Morgan fingerprint density at radius 3 is 2.65 bits per heavy atom. The molecule has 2 fully saturated rings. The third-order valence-electron chi connectivity index (χ3n) is 4.77. The van der Waals surface area contributed by atoms with Crippen LogP contribution in [0.1, 0.15) is 45.4 Å². The van der Waals surface area contributed by atoms with Crippen molar-refractivity contribution < 1.29 is 14.6 Å². The van der Waals surface area contributed by atoms with Gasteiger partial charge >= 0.3 is 6.09 Å². The topological polar surface area (TPSA) is 61.8 Å². The van der Waals surface area contributed by atoms with Gasteiger partial charge in [-0.15, -0.1) is 0 Å². The number of hydrogen-bond donors (Lipinski definition) is 2. The van der Waals surface area contributed by atoms with Gasteiger partial charge in [-0.05, 0) is 26.3 Å². The largest absolute Gasteiger partial charge is 0.441 e. The van der Waals surface area contributed by atoms with Crippen LogP contribution >= 0.6 is 0 Å². The summed E-state index contributed by atoms with van der Waals surface area (Å²) in [6.07, 6.45) is 6.12. The van der Waals surface area contributed by atoms with Crippen LogP contribution < -0.4 is 5.32 Å². The second-order valence-corrected chi connectivity index (χ2v) is 6.09. The van der Waals surface area contributed by atoms with Crippen molar-refractivity contribution in [2.24, 2.45) is 5.92 Å². The predicted molar refractivity (Wildman–Crippen MR) is 77.6 cm³/mol. The molecule has 5 heteroatoms. The number of amides is 1. The van der Waals surface area contributed by atoms with E-state index in [2.05, 4.69) is 5.32 Å². The average Bonchev–Trinajstić information content (AvgIpc) is 2.86. The number of nitrogens with one attached hydrogen (secondary N) is 1. The number of cyclic esters (lactones) is 1. The van der Waals surface area contributed by atoms with E-state index in [0.717, 1.165) is 6.42 Å². The number of ether oxygens (including phenoxy) is 1. The van der Waals surface area contributed by atoms with Crippen LogP contribution in [0.4, 0.5) is 4.79 Å². The van der Waals surface area contributed by atoms with Crippen molar-refractivity contribution in [1.29, 1.82) is 0 Å². The fourth-order valence-corrected chi connectivity index (χ4v) is 3.44. The SMILES string of the molecule is CCN1C[C@@H]([C@H](O)[C@H](CC2CCCCC2)NC)OC1=O. The van der Waals surface area contributed by atoms with Crippen molar-refractivity contribution in [2.75, 3.05) is 20.1 Å². The Morgan fingerprint density at radius 1 is 1.40 bits per heavy atom. The maximum atomic E-state index is 11.6. The smallest absolute Gasteiger partial charge is 0.410 e.